The summed E-state index contributed by atoms with van der Waals surface area (Å²) in [5, 5.41) is 4.81. The molecule has 0 bridgehead atoms. The Morgan fingerprint density at radius 1 is 1.03 bits per heavy atom. The zero-order chi connectivity index (χ0) is 26.2. The molecule has 1 fully saturated rings. The minimum atomic E-state index is -3.56. The number of rotatable bonds is 7. The van der Waals surface area contributed by atoms with E-state index in [1.807, 2.05) is 12.1 Å². The van der Waals surface area contributed by atoms with Crippen LogP contribution in [0.15, 0.2) is 64.3 Å². The van der Waals surface area contributed by atoms with Gasteiger partial charge >= 0.3 is 0 Å². The van der Waals surface area contributed by atoms with Crippen molar-refractivity contribution in [2.75, 3.05) is 26.2 Å². The number of benzene rings is 2. The molecular weight excluding hydrogens is 513 g/mol. The van der Waals surface area contributed by atoms with E-state index in [0.717, 1.165) is 12.0 Å². The van der Waals surface area contributed by atoms with E-state index in [-0.39, 0.29) is 11.4 Å². The first-order chi connectivity index (χ1) is 17.7. The lowest BCUT2D eigenvalue weighted by molar-refractivity contribution is 0.180. The molecule has 0 spiro atoms. The lowest BCUT2D eigenvalue weighted by Gasteiger charge is -2.33. The second kappa shape index (κ2) is 10.4. The van der Waals surface area contributed by atoms with Crippen LogP contribution in [0, 0.1) is 11.7 Å². The molecule has 11 heteroatoms. The maximum Gasteiger partial charge on any atom is 0.275 e. The van der Waals surface area contributed by atoms with Crippen LogP contribution in [0.1, 0.15) is 25.1 Å². The van der Waals surface area contributed by atoms with E-state index in [0.29, 0.717) is 64.8 Å². The monoisotopic (exact) mass is 541 g/mol. The second-order valence-corrected chi connectivity index (χ2v) is 12.5. The largest absolute Gasteiger partial charge is 0.295 e. The van der Waals surface area contributed by atoms with Gasteiger partial charge in [0, 0.05) is 44.4 Å². The smallest absolute Gasteiger partial charge is 0.275 e. The van der Waals surface area contributed by atoms with Gasteiger partial charge in [-0.1, -0.05) is 49.4 Å². The summed E-state index contributed by atoms with van der Waals surface area (Å²) in [4.78, 5) is 20.1. The first-order valence-corrected chi connectivity index (χ1v) is 14.4. The highest BCUT2D eigenvalue weighted by molar-refractivity contribution is 7.89. The van der Waals surface area contributed by atoms with E-state index in [2.05, 4.69) is 28.8 Å². The third-order valence-electron chi connectivity index (χ3n) is 6.29. The van der Waals surface area contributed by atoms with Gasteiger partial charge in [0.25, 0.3) is 5.56 Å². The van der Waals surface area contributed by atoms with E-state index in [4.69, 9.17) is 0 Å². The summed E-state index contributed by atoms with van der Waals surface area (Å²) in [7, 11) is -3.56. The highest BCUT2D eigenvalue weighted by atomic mass is 32.2. The van der Waals surface area contributed by atoms with Crippen LogP contribution < -0.4 is 5.56 Å². The molecule has 1 aliphatic rings. The van der Waals surface area contributed by atoms with Crippen LogP contribution in [0.2, 0.25) is 0 Å². The maximum absolute atomic E-state index is 13.6. The molecule has 2 aromatic heterocycles. The number of aromatic nitrogens is 3. The number of piperazine rings is 1. The van der Waals surface area contributed by atoms with Crippen molar-refractivity contribution in [1.82, 2.24) is 23.8 Å². The standard InChI is InChI=1S/C26H28FN5O3S2/c1-18(2)14-19-6-8-23(9-7-19)37(34,35)31-12-10-30(11-13-31)17-22-16-24(33)32-26(28-22)36-25(29-32)20-4-3-5-21(27)15-20/h3-9,15-16,18H,10-14,17H2,1-2H3. The summed E-state index contributed by atoms with van der Waals surface area (Å²) < 4.78 is 42.6. The van der Waals surface area contributed by atoms with Crippen molar-refractivity contribution in [2.24, 2.45) is 5.92 Å². The molecule has 0 amide bonds. The minimum absolute atomic E-state index is 0.305. The molecule has 37 heavy (non-hydrogen) atoms. The van der Waals surface area contributed by atoms with Crippen LogP contribution in [-0.2, 0) is 23.0 Å². The fourth-order valence-corrected chi connectivity index (χ4v) is 6.79. The lowest BCUT2D eigenvalue weighted by Crippen LogP contribution is -2.48. The molecule has 194 valence electrons. The highest BCUT2D eigenvalue weighted by Crippen LogP contribution is 2.25. The number of hydrogen-bond acceptors (Lipinski definition) is 7. The van der Waals surface area contributed by atoms with Crippen LogP contribution in [0.5, 0.6) is 0 Å². The van der Waals surface area contributed by atoms with Gasteiger partial charge in [-0.3, -0.25) is 9.69 Å². The van der Waals surface area contributed by atoms with Gasteiger partial charge in [-0.25, -0.2) is 17.8 Å². The summed E-state index contributed by atoms with van der Waals surface area (Å²) in [5.74, 6) is 0.135. The molecule has 3 heterocycles. The summed E-state index contributed by atoms with van der Waals surface area (Å²) in [6.07, 6.45) is 0.913. The predicted molar refractivity (Wildman–Crippen MR) is 142 cm³/mol. The van der Waals surface area contributed by atoms with Crippen molar-refractivity contribution in [1.29, 1.82) is 0 Å². The van der Waals surface area contributed by atoms with Crippen molar-refractivity contribution in [2.45, 2.75) is 31.7 Å². The Morgan fingerprint density at radius 2 is 1.76 bits per heavy atom. The molecule has 2 aromatic carbocycles. The number of nitrogens with zero attached hydrogens (tertiary/aromatic N) is 5. The molecule has 0 atom stereocenters. The van der Waals surface area contributed by atoms with Crippen molar-refractivity contribution in [3.63, 3.8) is 0 Å². The Bertz CT molecular complexity index is 1570. The molecule has 1 aliphatic heterocycles. The molecule has 0 saturated carbocycles. The van der Waals surface area contributed by atoms with E-state index < -0.39 is 10.0 Å². The molecule has 1 saturated heterocycles. The summed E-state index contributed by atoms with van der Waals surface area (Å²) in [5.41, 5.74) is 2.00. The van der Waals surface area contributed by atoms with Crippen LogP contribution in [0.4, 0.5) is 4.39 Å². The van der Waals surface area contributed by atoms with Gasteiger partial charge in [0.1, 0.15) is 10.8 Å². The molecule has 0 N–H and O–H groups in total. The van der Waals surface area contributed by atoms with Crippen LogP contribution >= 0.6 is 11.3 Å². The zero-order valence-corrected chi connectivity index (χ0v) is 22.3. The summed E-state index contributed by atoms with van der Waals surface area (Å²) >= 11 is 1.22. The lowest BCUT2D eigenvalue weighted by atomic mass is 10.0. The highest BCUT2D eigenvalue weighted by Gasteiger charge is 2.28. The molecule has 0 radical (unpaired) electrons. The third kappa shape index (κ3) is 5.64. The molecule has 4 aromatic rings. The third-order valence-corrected chi connectivity index (χ3v) is 9.16. The van der Waals surface area contributed by atoms with E-state index >= 15 is 0 Å². The quantitative estimate of drug-likeness (QED) is 0.355. The van der Waals surface area contributed by atoms with Gasteiger partial charge in [-0.2, -0.15) is 13.9 Å². The van der Waals surface area contributed by atoms with Crippen LogP contribution in [0.3, 0.4) is 0 Å². The molecule has 0 unspecified atom stereocenters. The summed E-state index contributed by atoms with van der Waals surface area (Å²) in [6, 6.07) is 14.7. The fraction of sp³-hybridized carbons (Fsp3) is 0.346. The Hall–Kier alpha value is -2.99. The van der Waals surface area contributed by atoms with Crippen molar-refractivity contribution in [3.05, 3.63) is 82.0 Å². The molecule has 5 rings (SSSR count). The minimum Gasteiger partial charge on any atom is -0.295 e. The van der Waals surface area contributed by atoms with Gasteiger partial charge in [0.2, 0.25) is 15.0 Å². The Labute approximate surface area is 219 Å². The van der Waals surface area contributed by atoms with E-state index in [1.54, 1.807) is 24.3 Å². The number of fused-ring (bicyclic) bond motifs is 1. The topological polar surface area (TPSA) is 87.9 Å². The van der Waals surface area contributed by atoms with Crippen molar-refractivity contribution < 1.29 is 12.8 Å². The SMILES string of the molecule is CC(C)Cc1ccc(S(=O)(=O)N2CCN(Cc3cc(=O)n4nc(-c5cccc(F)c5)sc4n3)CC2)cc1. The molecule has 8 nitrogen and oxygen atoms in total. The number of sulfonamides is 1. The Balaban J connectivity index is 1.25. The average Bonchev–Trinajstić information content (AvgIpc) is 3.29. The van der Waals surface area contributed by atoms with Crippen LogP contribution in [-0.4, -0.2) is 58.4 Å². The van der Waals surface area contributed by atoms with E-state index in [9.17, 15) is 17.6 Å². The number of hydrogen-bond donors (Lipinski definition) is 0. The Kier molecular flexibility index (Phi) is 7.21. The Morgan fingerprint density at radius 3 is 2.43 bits per heavy atom. The van der Waals surface area contributed by atoms with Gasteiger partial charge in [0.15, 0.2) is 0 Å². The summed E-state index contributed by atoms with van der Waals surface area (Å²) in [6.45, 7) is 6.48. The average molecular weight is 542 g/mol. The van der Waals surface area contributed by atoms with Gasteiger partial charge in [-0.15, -0.1) is 0 Å². The second-order valence-electron chi connectivity index (χ2n) is 9.62. The van der Waals surface area contributed by atoms with Gasteiger partial charge < -0.3 is 0 Å². The maximum atomic E-state index is 13.6. The predicted octanol–water partition coefficient (Wildman–Crippen LogP) is 3.66. The number of halogens is 1. The van der Waals surface area contributed by atoms with Crippen LogP contribution in [0.25, 0.3) is 15.5 Å². The van der Waals surface area contributed by atoms with Gasteiger partial charge in [-0.05, 0) is 42.2 Å². The molecule has 0 aliphatic carbocycles. The van der Waals surface area contributed by atoms with Gasteiger partial charge in [0.05, 0.1) is 10.6 Å². The molecular formula is C26H28FN5O3S2. The zero-order valence-electron chi connectivity index (χ0n) is 20.7. The first kappa shape index (κ1) is 25.7. The van der Waals surface area contributed by atoms with Crippen molar-refractivity contribution >= 4 is 26.3 Å². The first-order valence-electron chi connectivity index (χ1n) is 12.2. The normalized spacial score (nSPS) is 15.6. The van der Waals surface area contributed by atoms with E-state index in [1.165, 1.54) is 38.4 Å². The van der Waals surface area contributed by atoms with Crippen molar-refractivity contribution in [3.8, 4) is 10.6 Å². The fourth-order valence-electron chi connectivity index (χ4n) is 4.45.